The number of nitrogens with zero attached hydrogens (tertiary/aromatic N) is 4. The van der Waals surface area contributed by atoms with Crippen LogP contribution < -0.4 is 5.32 Å². The monoisotopic (exact) mass is 425 g/mol. The number of aromatic nitrogens is 4. The van der Waals surface area contributed by atoms with Gasteiger partial charge in [0.25, 0.3) is 0 Å². The van der Waals surface area contributed by atoms with Gasteiger partial charge in [0, 0.05) is 35.6 Å². The van der Waals surface area contributed by atoms with Crippen molar-refractivity contribution in [3.63, 3.8) is 0 Å². The van der Waals surface area contributed by atoms with Gasteiger partial charge in [0.2, 0.25) is 5.78 Å². The molecule has 4 aromatic rings. The second-order valence-electron chi connectivity index (χ2n) is 8.34. The molecule has 0 saturated heterocycles. The molecular formula is C25H23N5O2. The van der Waals surface area contributed by atoms with Gasteiger partial charge in [-0.05, 0) is 61.9 Å². The van der Waals surface area contributed by atoms with Gasteiger partial charge in [0.05, 0.1) is 0 Å². The molecule has 160 valence electrons. The Labute approximate surface area is 185 Å². The molecule has 32 heavy (non-hydrogen) atoms. The van der Waals surface area contributed by atoms with E-state index in [0.717, 1.165) is 29.7 Å². The summed E-state index contributed by atoms with van der Waals surface area (Å²) in [4.78, 5) is 34.2. The molecular weight excluding hydrogens is 402 g/mol. The lowest BCUT2D eigenvalue weighted by Gasteiger charge is -2.12. The highest BCUT2D eigenvalue weighted by Gasteiger charge is 2.25. The van der Waals surface area contributed by atoms with Crippen LogP contribution in [0.5, 0.6) is 0 Å². The Bertz CT molecular complexity index is 1340. The minimum absolute atomic E-state index is 0.164. The number of nitrogens with one attached hydrogen (secondary N) is 1. The maximum atomic E-state index is 13.0. The van der Waals surface area contributed by atoms with E-state index in [-0.39, 0.29) is 11.6 Å². The van der Waals surface area contributed by atoms with Crippen LogP contribution in [-0.2, 0) is 0 Å². The Balaban J connectivity index is 1.51. The molecule has 7 nitrogen and oxygen atoms in total. The number of aryl methyl sites for hydroxylation is 2. The predicted molar refractivity (Wildman–Crippen MR) is 122 cm³/mol. The van der Waals surface area contributed by atoms with Crippen LogP contribution in [0.15, 0.2) is 55.1 Å². The van der Waals surface area contributed by atoms with E-state index >= 15 is 0 Å². The molecule has 1 aromatic carbocycles. The van der Waals surface area contributed by atoms with Gasteiger partial charge in [-0.15, -0.1) is 0 Å². The van der Waals surface area contributed by atoms with Gasteiger partial charge in [0.1, 0.15) is 17.5 Å². The van der Waals surface area contributed by atoms with E-state index < -0.39 is 0 Å². The van der Waals surface area contributed by atoms with E-state index in [9.17, 15) is 9.59 Å². The van der Waals surface area contributed by atoms with E-state index in [0.29, 0.717) is 40.5 Å². The normalized spacial score (nSPS) is 13.3. The Kier molecular flexibility index (Phi) is 5.01. The summed E-state index contributed by atoms with van der Waals surface area (Å²) >= 11 is 0. The van der Waals surface area contributed by atoms with Crippen LogP contribution in [0.2, 0.25) is 0 Å². The number of Topliss-reactive ketones (excluding diaryl/α,β-unsaturated/α-hetero) is 1. The minimum atomic E-state index is -0.164. The molecule has 7 heteroatoms. The lowest BCUT2D eigenvalue weighted by Crippen LogP contribution is -2.05. The van der Waals surface area contributed by atoms with E-state index in [1.54, 1.807) is 35.1 Å². The number of hydrogen-bond acceptors (Lipinski definition) is 6. The first-order valence-corrected chi connectivity index (χ1v) is 10.7. The summed E-state index contributed by atoms with van der Waals surface area (Å²) in [6.45, 7) is 3.86. The number of rotatable bonds is 7. The number of ketones is 2. The first-order valence-electron chi connectivity index (χ1n) is 10.7. The van der Waals surface area contributed by atoms with E-state index in [4.69, 9.17) is 0 Å². The van der Waals surface area contributed by atoms with Crippen molar-refractivity contribution in [3.05, 3.63) is 83.1 Å². The van der Waals surface area contributed by atoms with Gasteiger partial charge in [-0.1, -0.05) is 18.2 Å². The minimum Gasteiger partial charge on any atom is -0.338 e. The first kappa shape index (κ1) is 20.1. The van der Waals surface area contributed by atoms with Crippen molar-refractivity contribution < 1.29 is 9.59 Å². The van der Waals surface area contributed by atoms with Crippen molar-refractivity contribution in [2.24, 2.45) is 5.92 Å². The lowest BCUT2D eigenvalue weighted by molar-refractivity contribution is 0.0975. The van der Waals surface area contributed by atoms with Crippen molar-refractivity contribution >= 4 is 28.6 Å². The standard InChI is InChI=1S/C25H23N5O2/c1-15-6-9-18(22(31)11-17-7-8-17)12-21(15)29-25-23-16(2)19(13-30(23)28-14-27-25)24(32)20-5-3-4-10-26-20/h3-6,9-10,12-14,17H,7-8,11H2,1-2H3,(H,27,28,29). The van der Waals surface area contributed by atoms with Crippen molar-refractivity contribution in [2.45, 2.75) is 33.1 Å². The van der Waals surface area contributed by atoms with E-state index in [1.807, 2.05) is 32.0 Å². The summed E-state index contributed by atoms with van der Waals surface area (Å²) in [6, 6.07) is 11.0. The average molecular weight is 425 g/mol. The smallest absolute Gasteiger partial charge is 0.213 e. The zero-order chi connectivity index (χ0) is 22.2. The maximum Gasteiger partial charge on any atom is 0.213 e. The van der Waals surface area contributed by atoms with E-state index in [2.05, 4.69) is 20.4 Å². The van der Waals surface area contributed by atoms with Crippen molar-refractivity contribution in [3.8, 4) is 0 Å². The number of carbonyl (C=O) groups excluding carboxylic acids is 2. The zero-order valence-electron chi connectivity index (χ0n) is 18.0. The molecule has 0 unspecified atom stereocenters. The fraction of sp³-hybridized carbons (Fsp3) is 0.240. The van der Waals surface area contributed by atoms with Gasteiger partial charge < -0.3 is 5.32 Å². The number of hydrogen-bond donors (Lipinski definition) is 1. The largest absolute Gasteiger partial charge is 0.338 e. The molecule has 0 radical (unpaired) electrons. The average Bonchev–Trinajstić information content (AvgIpc) is 3.56. The fourth-order valence-corrected chi connectivity index (χ4v) is 3.88. The Morgan fingerprint density at radius 3 is 2.72 bits per heavy atom. The van der Waals surface area contributed by atoms with Gasteiger partial charge in [0.15, 0.2) is 11.6 Å². The van der Waals surface area contributed by atoms with Crippen LogP contribution >= 0.6 is 0 Å². The summed E-state index contributed by atoms with van der Waals surface area (Å²) in [6.07, 6.45) is 7.66. The Hall–Kier alpha value is -3.87. The van der Waals surface area contributed by atoms with Crippen LogP contribution in [0, 0.1) is 19.8 Å². The highest BCUT2D eigenvalue weighted by Crippen LogP contribution is 2.34. The molecule has 1 aliphatic rings. The molecule has 0 bridgehead atoms. The third-order valence-electron chi connectivity index (χ3n) is 5.95. The third kappa shape index (κ3) is 3.77. The summed E-state index contributed by atoms with van der Waals surface area (Å²) < 4.78 is 1.65. The van der Waals surface area contributed by atoms with E-state index in [1.165, 1.54) is 6.33 Å². The molecule has 1 N–H and O–H groups in total. The molecule has 1 fully saturated rings. The zero-order valence-corrected chi connectivity index (χ0v) is 18.0. The highest BCUT2D eigenvalue weighted by atomic mass is 16.1. The Morgan fingerprint density at radius 1 is 1.12 bits per heavy atom. The molecule has 1 aliphatic carbocycles. The van der Waals surface area contributed by atoms with Gasteiger partial charge in [-0.3, -0.25) is 14.6 Å². The quantitative estimate of drug-likeness (QED) is 0.432. The highest BCUT2D eigenvalue weighted by molar-refractivity contribution is 6.10. The number of fused-ring (bicyclic) bond motifs is 1. The number of carbonyl (C=O) groups is 2. The molecule has 3 aromatic heterocycles. The van der Waals surface area contributed by atoms with Crippen LogP contribution in [0.25, 0.3) is 5.52 Å². The third-order valence-corrected chi connectivity index (χ3v) is 5.95. The van der Waals surface area contributed by atoms with Crippen molar-refractivity contribution in [1.29, 1.82) is 0 Å². The summed E-state index contributed by atoms with van der Waals surface area (Å²) in [5.41, 5.74) is 4.89. The van der Waals surface area contributed by atoms with Crippen LogP contribution in [0.3, 0.4) is 0 Å². The molecule has 5 rings (SSSR count). The van der Waals surface area contributed by atoms with Gasteiger partial charge in [-0.25, -0.2) is 9.50 Å². The van der Waals surface area contributed by atoms with Crippen molar-refractivity contribution in [1.82, 2.24) is 19.6 Å². The lowest BCUT2D eigenvalue weighted by atomic mass is 10.0. The fourth-order valence-electron chi connectivity index (χ4n) is 3.88. The summed E-state index contributed by atoms with van der Waals surface area (Å²) in [5, 5.41) is 7.65. The number of anilines is 2. The van der Waals surface area contributed by atoms with Crippen LogP contribution in [-0.4, -0.2) is 31.1 Å². The topological polar surface area (TPSA) is 89.3 Å². The number of pyridine rings is 1. The molecule has 0 atom stereocenters. The second kappa shape index (κ2) is 8.00. The van der Waals surface area contributed by atoms with Gasteiger partial charge in [-0.2, -0.15) is 5.10 Å². The van der Waals surface area contributed by atoms with Crippen LogP contribution in [0.4, 0.5) is 11.5 Å². The predicted octanol–water partition coefficient (Wildman–Crippen LogP) is 4.70. The molecule has 3 heterocycles. The molecule has 0 amide bonds. The first-order chi connectivity index (χ1) is 15.5. The molecule has 0 aliphatic heterocycles. The van der Waals surface area contributed by atoms with Gasteiger partial charge >= 0.3 is 0 Å². The summed E-state index contributed by atoms with van der Waals surface area (Å²) in [5.74, 6) is 1.13. The molecule has 0 spiro atoms. The Morgan fingerprint density at radius 2 is 1.97 bits per heavy atom. The molecule has 1 saturated carbocycles. The summed E-state index contributed by atoms with van der Waals surface area (Å²) in [7, 11) is 0. The van der Waals surface area contributed by atoms with Crippen LogP contribution in [0.1, 0.15) is 56.8 Å². The number of benzene rings is 1. The maximum absolute atomic E-state index is 13.0. The SMILES string of the molecule is Cc1ccc(C(=O)CC2CC2)cc1Nc1ncnn2cc(C(=O)c3ccccn3)c(C)c12. The second-order valence-corrected chi connectivity index (χ2v) is 8.34. The van der Waals surface area contributed by atoms with Crippen molar-refractivity contribution in [2.75, 3.05) is 5.32 Å².